The molecule has 3 rings (SSSR count). The normalized spacial score (nSPS) is 11.1. The average Bonchev–Trinajstić information content (AvgIpc) is 2.90. The van der Waals surface area contributed by atoms with E-state index < -0.39 is 5.97 Å². The summed E-state index contributed by atoms with van der Waals surface area (Å²) in [6.07, 6.45) is 1.76. The molecule has 0 saturated heterocycles. The summed E-state index contributed by atoms with van der Waals surface area (Å²) in [5.41, 5.74) is 3.91. The first-order chi connectivity index (χ1) is 10.4. The maximum Gasteiger partial charge on any atom is 0.339 e. The molecule has 0 unspecified atom stereocenters. The van der Waals surface area contributed by atoms with Gasteiger partial charge in [0.15, 0.2) is 0 Å². The van der Waals surface area contributed by atoms with Crippen LogP contribution in [0.25, 0.3) is 16.9 Å². The topological polar surface area (TPSA) is 54.6 Å². The maximum atomic E-state index is 11.4. The summed E-state index contributed by atoms with van der Waals surface area (Å²) < 4.78 is 2.58. The number of fused-ring (bicyclic) bond motifs is 1. The predicted octanol–water partition coefficient (Wildman–Crippen LogP) is 4.73. The molecule has 0 spiro atoms. The summed E-state index contributed by atoms with van der Waals surface area (Å²) in [6.45, 7) is 3.60. The second-order valence-electron chi connectivity index (χ2n) is 5.05. The SMILES string of the molecule is Cc1c(C(=O)O)c(Cl)n2cc(-c3cccc(Br)c3)nc2c1C. The quantitative estimate of drug-likeness (QED) is 0.655. The number of aryl methyl sites for hydroxylation is 1. The highest BCUT2D eigenvalue weighted by molar-refractivity contribution is 9.10. The Hall–Kier alpha value is -1.85. The predicted molar refractivity (Wildman–Crippen MR) is 89.8 cm³/mol. The smallest absolute Gasteiger partial charge is 0.339 e. The molecule has 1 aromatic carbocycles. The molecule has 0 aliphatic heterocycles. The maximum absolute atomic E-state index is 11.4. The lowest BCUT2D eigenvalue weighted by Crippen LogP contribution is -2.07. The van der Waals surface area contributed by atoms with Gasteiger partial charge in [-0.15, -0.1) is 0 Å². The molecule has 3 aromatic rings. The van der Waals surface area contributed by atoms with Crippen LogP contribution in [0.4, 0.5) is 0 Å². The zero-order valence-electron chi connectivity index (χ0n) is 11.9. The van der Waals surface area contributed by atoms with Crippen molar-refractivity contribution in [1.82, 2.24) is 9.38 Å². The standard InChI is InChI=1S/C16H12BrClN2O2/c1-8-9(2)15-19-12(10-4-3-5-11(17)6-10)7-20(15)14(18)13(8)16(21)22/h3-7H,1-2H3,(H,21,22). The van der Waals surface area contributed by atoms with Gasteiger partial charge in [-0.05, 0) is 37.1 Å². The molecule has 2 heterocycles. The van der Waals surface area contributed by atoms with E-state index >= 15 is 0 Å². The van der Waals surface area contributed by atoms with Crippen molar-refractivity contribution in [3.05, 3.63) is 56.8 Å². The third kappa shape index (κ3) is 2.30. The molecule has 6 heteroatoms. The third-order valence-corrected chi connectivity index (χ3v) is 4.60. The third-order valence-electron chi connectivity index (χ3n) is 3.73. The number of hydrogen-bond acceptors (Lipinski definition) is 2. The van der Waals surface area contributed by atoms with E-state index in [1.807, 2.05) is 31.2 Å². The summed E-state index contributed by atoms with van der Waals surface area (Å²) in [7, 11) is 0. The van der Waals surface area contributed by atoms with Crippen LogP contribution in [0.15, 0.2) is 34.9 Å². The minimum absolute atomic E-state index is 0.116. The molecule has 0 saturated carbocycles. The van der Waals surface area contributed by atoms with E-state index in [2.05, 4.69) is 20.9 Å². The Morgan fingerprint density at radius 3 is 2.68 bits per heavy atom. The van der Waals surface area contributed by atoms with Crippen molar-refractivity contribution >= 4 is 39.1 Å². The van der Waals surface area contributed by atoms with E-state index in [4.69, 9.17) is 11.6 Å². The molecular formula is C16H12BrClN2O2. The fraction of sp³-hybridized carbons (Fsp3) is 0.125. The van der Waals surface area contributed by atoms with Crippen LogP contribution in [0.1, 0.15) is 21.5 Å². The van der Waals surface area contributed by atoms with Crippen molar-refractivity contribution in [2.24, 2.45) is 0 Å². The number of aromatic carboxylic acids is 1. The van der Waals surface area contributed by atoms with Gasteiger partial charge < -0.3 is 5.11 Å². The Bertz CT molecular complexity index is 918. The lowest BCUT2D eigenvalue weighted by atomic mass is 10.1. The molecule has 0 atom stereocenters. The molecule has 0 amide bonds. The fourth-order valence-corrected chi connectivity index (χ4v) is 3.21. The van der Waals surface area contributed by atoms with Crippen molar-refractivity contribution in [2.75, 3.05) is 0 Å². The Morgan fingerprint density at radius 2 is 2.05 bits per heavy atom. The number of carboxylic acid groups (broad SMARTS) is 1. The van der Waals surface area contributed by atoms with Crippen LogP contribution >= 0.6 is 27.5 Å². The first kappa shape index (κ1) is 15.1. The second-order valence-corrected chi connectivity index (χ2v) is 6.32. The van der Waals surface area contributed by atoms with Gasteiger partial charge in [0.2, 0.25) is 0 Å². The number of benzene rings is 1. The molecule has 4 nitrogen and oxygen atoms in total. The van der Waals surface area contributed by atoms with Gasteiger partial charge in [-0.3, -0.25) is 4.40 Å². The Morgan fingerprint density at radius 1 is 1.32 bits per heavy atom. The molecule has 2 aromatic heterocycles. The van der Waals surface area contributed by atoms with Gasteiger partial charge in [0.1, 0.15) is 10.8 Å². The van der Waals surface area contributed by atoms with Crippen molar-refractivity contribution < 1.29 is 9.90 Å². The zero-order valence-corrected chi connectivity index (χ0v) is 14.2. The number of rotatable bonds is 2. The molecule has 0 fully saturated rings. The van der Waals surface area contributed by atoms with Crippen LogP contribution in [0, 0.1) is 13.8 Å². The fourth-order valence-electron chi connectivity index (χ4n) is 2.46. The van der Waals surface area contributed by atoms with E-state index in [0.717, 1.165) is 21.3 Å². The minimum Gasteiger partial charge on any atom is -0.478 e. The van der Waals surface area contributed by atoms with E-state index in [1.165, 1.54) is 0 Å². The molecule has 112 valence electrons. The lowest BCUT2D eigenvalue weighted by Gasteiger charge is -2.09. The van der Waals surface area contributed by atoms with Gasteiger partial charge in [0, 0.05) is 16.2 Å². The number of carboxylic acids is 1. The molecule has 0 aliphatic carbocycles. The first-order valence-electron chi connectivity index (χ1n) is 6.57. The van der Waals surface area contributed by atoms with Crippen LogP contribution in [-0.4, -0.2) is 20.5 Å². The number of pyridine rings is 1. The summed E-state index contributed by atoms with van der Waals surface area (Å²) in [5.74, 6) is -1.04. The van der Waals surface area contributed by atoms with Crippen LogP contribution in [0.3, 0.4) is 0 Å². The summed E-state index contributed by atoms with van der Waals surface area (Å²) in [5, 5.41) is 9.53. The van der Waals surface area contributed by atoms with Crippen molar-refractivity contribution in [2.45, 2.75) is 13.8 Å². The summed E-state index contributed by atoms with van der Waals surface area (Å²) in [4.78, 5) is 16.0. The van der Waals surface area contributed by atoms with Crippen LogP contribution in [0.2, 0.25) is 5.15 Å². The van der Waals surface area contributed by atoms with Gasteiger partial charge in [0.25, 0.3) is 0 Å². The molecule has 22 heavy (non-hydrogen) atoms. The van der Waals surface area contributed by atoms with E-state index in [9.17, 15) is 9.90 Å². The summed E-state index contributed by atoms with van der Waals surface area (Å²) in [6, 6.07) is 7.76. The number of hydrogen-bond donors (Lipinski definition) is 1. The zero-order chi connectivity index (χ0) is 16.0. The molecule has 0 bridgehead atoms. The van der Waals surface area contributed by atoms with E-state index in [0.29, 0.717) is 11.2 Å². The number of aromatic nitrogens is 2. The van der Waals surface area contributed by atoms with Crippen molar-refractivity contribution in [3.63, 3.8) is 0 Å². The van der Waals surface area contributed by atoms with Crippen molar-refractivity contribution in [3.8, 4) is 11.3 Å². The minimum atomic E-state index is -1.04. The van der Waals surface area contributed by atoms with Crippen LogP contribution in [0.5, 0.6) is 0 Å². The molecule has 1 N–H and O–H groups in total. The van der Waals surface area contributed by atoms with Gasteiger partial charge in [0.05, 0.1) is 11.3 Å². The van der Waals surface area contributed by atoms with Gasteiger partial charge in [-0.25, -0.2) is 9.78 Å². The lowest BCUT2D eigenvalue weighted by molar-refractivity contribution is 0.0695. The second kappa shape index (κ2) is 5.41. The van der Waals surface area contributed by atoms with E-state index in [-0.39, 0.29) is 10.7 Å². The first-order valence-corrected chi connectivity index (χ1v) is 7.74. The molecule has 0 aliphatic rings. The average molecular weight is 380 g/mol. The highest BCUT2D eigenvalue weighted by Gasteiger charge is 2.20. The molecular weight excluding hydrogens is 368 g/mol. The van der Waals surface area contributed by atoms with Crippen LogP contribution in [-0.2, 0) is 0 Å². The molecule has 0 radical (unpaired) electrons. The Labute approximate surface area is 140 Å². The van der Waals surface area contributed by atoms with Crippen LogP contribution < -0.4 is 0 Å². The number of carbonyl (C=O) groups is 1. The summed E-state index contributed by atoms with van der Waals surface area (Å²) >= 11 is 9.71. The van der Waals surface area contributed by atoms with Crippen molar-refractivity contribution in [1.29, 1.82) is 0 Å². The van der Waals surface area contributed by atoms with Gasteiger partial charge in [-0.1, -0.05) is 39.7 Å². The number of halogens is 2. The van der Waals surface area contributed by atoms with E-state index in [1.54, 1.807) is 17.5 Å². The Kier molecular flexibility index (Phi) is 3.70. The number of nitrogens with zero attached hydrogens (tertiary/aromatic N) is 2. The Balaban J connectivity index is 2.33. The highest BCUT2D eigenvalue weighted by Crippen LogP contribution is 2.30. The van der Waals surface area contributed by atoms with Gasteiger partial charge in [-0.2, -0.15) is 0 Å². The number of imidazole rings is 1. The highest BCUT2D eigenvalue weighted by atomic mass is 79.9. The largest absolute Gasteiger partial charge is 0.478 e. The monoisotopic (exact) mass is 378 g/mol. The van der Waals surface area contributed by atoms with Gasteiger partial charge >= 0.3 is 5.97 Å².